The van der Waals surface area contributed by atoms with Crippen molar-refractivity contribution >= 4 is 11.9 Å². The molecule has 0 spiro atoms. The van der Waals surface area contributed by atoms with Crippen molar-refractivity contribution in [3.05, 3.63) is 12.3 Å². The Hall–Kier alpha value is -2.18. The highest BCUT2D eigenvalue weighted by molar-refractivity contribution is 5.54. The van der Waals surface area contributed by atoms with E-state index in [9.17, 15) is 0 Å². The molecule has 0 fully saturated rings. The van der Waals surface area contributed by atoms with E-state index in [0.29, 0.717) is 17.7 Å². The van der Waals surface area contributed by atoms with Gasteiger partial charge in [0.2, 0.25) is 11.9 Å². The van der Waals surface area contributed by atoms with Crippen LogP contribution in [-0.4, -0.2) is 45.4 Å². The molecule has 0 saturated carbocycles. The summed E-state index contributed by atoms with van der Waals surface area (Å²) in [5.41, 5.74) is 0.901. The van der Waals surface area contributed by atoms with Gasteiger partial charge >= 0.3 is 0 Å². The molecule has 0 bridgehead atoms. The molecule has 0 aromatic carbocycles. The lowest BCUT2D eigenvalue weighted by Crippen LogP contribution is -2.16. The molecule has 7 nitrogen and oxygen atoms in total. The molecule has 2 aromatic heterocycles. The van der Waals surface area contributed by atoms with Crippen molar-refractivity contribution in [1.82, 2.24) is 24.7 Å². The van der Waals surface area contributed by atoms with Gasteiger partial charge in [-0.1, -0.05) is 6.92 Å². The quantitative estimate of drug-likeness (QED) is 0.864. The van der Waals surface area contributed by atoms with Crippen molar-refractivity contribution in [2.45, 2.75) is 26.8 Å². The summed E-state index contributed by atoms with van der Waals surface area (Å²) >= 11 is 0. The van der Waals surface area contributed by atoms with Crippen molar-refractivity contribution in [2.75, 3.05) is 30.9 Å². The van der Waals surface area contributed by atoms with Crippen molar-refractivity contribution in [3.8, 4) is 11.5 Å². The Morgan fingerprint density at radius 1 is 1.20 bits per heavy atom. The van der Waals surface area contributed by atoms with Crippen LogP contribution < -0.4 is 10.2 Å². The molecule has 7 heteroatoms. The van der Waals surface area contributed by atoms with Gasteiger partial charge in [0.1, 0.15) is 5.69 Å². The van der Waals surface area contributed by atoms with Gasteiger partial charge in [-0.05, 0) is 19.4 Å². The fourth-order valence-electron chi connectivity index (χ4n) is 1.77. The van der Waals surface area contributed by atoms with Crippen LogP contribution in [0.5, 0.6) is 0 Å². The van der Waals surface area contributed by atoms with Crippen LogP contribution in [0.2, 0.25) is 0 Å². The summed E-state index contributed by atoms with van der Waals surface area (Å²) in [7, 11) is 3.83. The third-order valence-electron chi connectivity index (χ3n) is 2.80. The van der Waals surface area contributed by atoms with Gasteiger partial charge in [0.05, 0.1) is 0 Å². The summed E-state index contributed by atoms with van der Waals surface area (Å²) in [5, 5.41) is 7.47. The summed E-state index contributed by atoms with van der Waals surface area (Å²) in [6, 6.07) is 1.92. The lowest BCUT2D eigenvalue weighted by molar-refractivity contribution is 0.663. The standard InChI is InChI=1S/C13H21N7/c1-5-8-14-12-16-11(17-13(18-12)19(3)4)10-7-9-15-20(10)6-2/h7,9H,5-6,8H2,1-4H3,(H,14,16,17,18). The van der Waals surface area contributed by atoms with Crippen LogP contribution in [0.4, 0.5) is 11.9 Å². The first-order valence-corrected chi connectivity index (χ1v) is 6.85. The summed E-state index contributed by atoms with van der Waals surface area (Å²) in [6.45, 7) is 5.77. The Labute approximate surface area is 119 Å². The number of nitrogens with one attached hydrogen (secondary N) is 1. The summed E-state index contributed by atoms with van der Waals surface area (Å²) < 4.78 is 1.87. The largest absolute Gasteiger partial charge is 0.354 e. The fraction of sp³-hybridized carbons (Fsp3) is 0.538. The predicted octanol–water partition coefficient (Wildman–Crippen LogP) is 1.64. The lowest BCUT2D eigenvalue weighted by Gasteiger charge is -2.13. The fourth-order valence-corrected chi connectivity index (χ4v) is 1.77. The highest BCUT2D eigenvalue weighted by atomic mass is 15.3. The van der Waals surface area contributed by atoms with Crippen LogP contribution in [0.1, 0.15) is 20.3 Å². The highest BCUT2D eigenvalue weighted by Crippen LogP contribution is 2.18. The van der Waals surface area contributed by atoms with Gasteiger partial charge in [0.15, 0.2) is 5.82 Å². The molecular formula is C13H21N7. The molecule has 0 saturated heterocycles. The van der Waals surface area contributed by atoms with Gasteiger partial charge < -0.3 is 10.2 Å². The monoisotopic (exact) mass is 275 g/mol. The van der Waals surface area contributed by atoms with Gasteiger partial charge in [0.25, 0.3) is 0 Å². The van der Waals surface area contributed by atoms with Gasteiger partial charge in [-0.25, -0.2) is 0 Å². The van der Waals surface area contributed by atoms with Crippen molar-refractivity contribution < 1.29 is 0 Å². The minimum Gasteiger partial charge on any atom is -0.354 e. The Balaban J connectivity index is 2.43. The minimum absolute atomic E-state index is 0.601. The van der Waals surface area contributed by atoms with Gasteiger partial charge in [-0.15, -0.1) is 0 Å². The van der Waals surface area contributed by atoms with E-state index in [2.05, 4.69) is 32.3 Å². The average molecular weight is 275 g/mol. The smallest absolute Gasteiger partial charge is 0.230 e. The van der Waals surface area contributed by atoms with Crippen LogP contribution >= 0.6 is 0 Å². The number of nitrogens with zero attached hydrogens (tertiary/aromatic N) is 6. The number of aromatic nitrogens is 5. The van der Waals surface area contributed by atoms with E-state index in [0.717, 1.165) is 25.2 Å². The van der Waals surface area contributed by atoms with E-state index in [4.69, 9.17) is 0 Å². The Bertz CT molecular complexity index is 562. The summed E-state index contributed by atoms with van der Waals surface area (Å²) in [4.78, 5) is 15.2. The SMILES string of the molecule is CCCNc1nc(-c2ccnn2CC)nc(N(C)C)n1. The second-order valence-electron chi connectivity index (χ2n) is 4.64. The lowest BCUT2D eigenvalue weighted by atomic mass is 10.4. The van der Waals surface area contributed by atoms with E-state index in [1.54, 1.807) is 6.20 Å². The first-order valence-electron chi connectivity index (χ1n) is 6.85. The molecule has 0 radical (unpaired) electrons. The molecule has 0 atom stereocenters. The maximum atomic E-state index is 4.49. The van der Waals surface area contributed by atoms with Crippen LogP contribution in [0, 0.1) is 0 Å². The zero-order valence-corrected chi connectivity index (χ0v) is 12.5. The van der Waals surface area contributed by atoms with Gasteiger partial charge in [-0.3, -0.25) is 4.68 Å². The van der Waals surface area contributed by atoms with Gasteiger partial charge in [-0.2, -0.15) is 20.1 Å². The van der Waals surface area contributed by atoms with E-state index in [-0.39, 0.29) is 0 Å². The van der Waals surface area contributed by atoms with Crippen LogP contribution in [0.15, 0.2) is 12.3 Å². The molecule has 0 aliphatic carbocycles. The second kappa shape index (κ2) is 6.31. The van der Waals surface area contributed by atoms with Crippen LogP contribution in [0.25, 0.3) is 11.5 Å². The number of aryl methyl sites for hydroxylation is 1. The highest BCUT2D eigenvalue weighted by Gasteiger charge is 2.12. The molecule has 0 unspecified atom stereocenters. The van der Waals surface area contributed by atoms with E-state index in [1.807, 2.05) is 36.7 Å². The molecule has 1 N–H and O–H groups in total. The molecule has 108 valence electrons. The van der Waals surface area contributed by atoms with Crippen molar-refractivity contribution in [3.63, 3.8) is 0 Å². The molecule has 0 aliphatic rings. The topological polar surface area (TPSA) is 71.8 Å². The number of rotatable bonds is 6. The van der Waals surface area contributed by atoms with E-state index >= 15 is 0 Å². The maximum Gasteiger partial charge on any atom is 0.230 e. The molecular weight excluding hydrogens is 254 g/mol. The second-order valence-corrected chi connectivity index (χ2v) is 4.64. The maximum absolute atomic E-state index is 4.49. The summed E-state index contributed by atoms with van der Waals surface area (Å²) in [5.74, 6) is 1.88. The minimum atomic E-state index is 0.601. The molecule has 20 heavy (non-hydrogen) atoms. The first kappa shape index (κ1) is 14.2. The zero-order chi connectivity index (χ0) is 14.5. The number of anilines is 2. The number of hydrogen-bond donors (Lipinski definition) is 1. The molecule has 2 aromatic rings. The summed E-state index contributed by atoms with van der Waals surface area (Å²) in [6.07, 6.45) is 2.78. The van der Waals surface area contributed by atoms with Crippen LogP contribution in [-0.2, 0) is 6.54 Å². The van der Waals surface area contributed by atoms with Crippen molar-refractivity contribution in [2.24, 2.45) is 0 Å². The average Bonchev–Trinajstić information content (AvgIpc) is 2.93. The Morgan fingerprint density at radius 3 is 2.65 bits per heavy atom. The third kappa shape index (κ3) is 3.04. The molecule has 0 aliphatic heterocycles. The molecule has 2 rings (SSSR count). The normalized spacial score (nSPS) is 10.6. The Morgan fingerprint density at radius 2 is 2.00 bits per heavy atom. The molecule has 0 amide bonds. The van der Waals surface area contributed by atoms with E-state index < -0.39 is 0 Å². The molecule has 2 heterocycles. The van der Waals surface area contributed by atoms with Crippen molar-refractivity contribution in [1.29, 1.82) is 0 Å². The van der Waals surface area contributed by atoms with Crippen LogP contribution in [0.3, 0.4) is 0 Å². The first-order chi connectivity index (χ1) is 9.65. The Kier molecular flexibility index (Phi) is 4.49. The zero-order valence-electron chi connectivity index (χ0n) is 12.5. The predicted molar refractivity (Wildman–Crippen MR) is 79.8 cm³/mol. The van der Waals surface area contributed by atoms with E-state index in [1.165, 1.54) is 0 Å². The number of hydrogen-bond acceptors (Lipinski definition) is 6. The van der Waals surface area contributed by atoms with Gasteiger partial charge in [0, 0.05) is 33.4 Å². The third-order valence-corrected chi connectivity index (χ3v) is 2.80.